The van der Waals surface area contributed by atoms with Gasteiger partial charge in [0.15, 0.2) is 5.03 Å². The number of pyridine rings is 1. The Kier molecular flexibility index (Phi) is 4.99. The van der Waals surface area contributed by atoms with Gasteiger partial charge in [-0.3, -0.25) is 0 Å². The van der Waals surface area contributed by atoms with Gasteiger partial charge in [-0.2, -0.15) is 4.31 Å². The molecule has 1 aromatic rings. The smallest absolute Gasteiger partial charge is 0.262 e. The van der Waals surface area contributed by atoms with Crippen LogP contribution in [0.5, 0.6) is 0 Å². The van der Waals surface area contributed by atoms with Gasteiger partial charge in [-0.1, -0.05) is 19.8 Å². The number of anilines is 1. The summed E-state index contributed by atoms with van der Waals surface area (Å²) in [5, 5.41) is 3.29. The van der Waals surface area contributed by atoms with Gasteiger partial charge in [0.05, 0.1) is 5.69 Å². The van der Waals surface area contributed by atoms with Gasteiger partial charge in [0.2, 0.25) is 0 Å². The van der Waals surface area contributed by atoms with E-state index in [2.05, 4.69) is 10.3 Å². The molecule has 1 fully saturated rings. The van der Waals surface area contributed by atoms with Crippen LogP contribution in [-0.4, -0.2) is 37.3 Å². The molecule has 6 heteroatoms. The molecule has 0 amide bonds. The Balaban J connectivity index is 2.28. The fraction of sp³-hybridized carbons (Fsp3) is 0.643. The van der Waals surface area contributed by atoms with Crippen molar-refractivity contribution in [2.75, 3.05) is 18.9 Å². The van der Waals surface area contributed by atoms with Crippen LogP contribution < -0.4 is 5.32 Å². The molecule has 0 radical (unpaired) electrons. The van der Waals surface area contributed by atoms with E-state index in [1.165, 1.54) is 10.5 Å². The minimum Gasteiger partial charge on any atom is -0.383 e. The Morgan fingerprint density at radius 2 is 2.10 bits per heavy atom. The molecule has 112 valence electrons. The lowest BCUT2D eigenvalue weighted by Crippen LogP contribution is -2.36. The summed E-state index contributed by atoms with van der Waals surface area (Å²) in [6.45, 7) is 2.78. The lowest BCUT2D eigenvalue weighted by molar-refractivity contribution is 0.372. The maximum absolute atomic E-state index is 12.7. The minimum absolute atomic E-state index is 0.112. The molecule has 0 aromatic carbocycles. The topological polar surface area (TPSA) is 62.3 Å². The fourth-order valence-electron chi connectivity index (χ4n) is 2.59. The van der Waals surface area contributed by atoms with Crippen LogP contribution in [0.15, 0.2) is 23.4 Å². The van der Waals surface area contributed by atoms with Gasteiger partial charge in [-0.05, 0) is 31.4 Å². The predicted molar refractivity (Wildman–Crippen MR) is 80.2 cm³/mol. The van der Waals surface area contributed by atoms with Crippen LogP contribution in [0.3, 0.4) is 0 Å². The highest BCUT2D eigenvalue weighted by Crippen LogP contribution is 2.29. The molecule has 1 N–H and O–H groups in total. The minimum atomic E-state index is -3.52. The Bertz CT molecular complexity index is 539. The maximum Gasteiger partial charge on any atom is 0.262 e. The van der Waals surface area contributed by atoms with E-state index in [-0.39, 0.29) is 11.1 Å². The van der Waals surface area contributed by atoms with Gasteiger partial charge in [-0.15, -0.1) is 0 Å². The van der Waals surface area contributed by atoms with E-state index in [0.717, 1.165) is 38.6 Å². The number of rotatable bonds is 6. The van der Waals surface area contributed by atoms with Crippen LogP contribution in [0.2, 0.25) is 0 Å². The first-order valence-electron chi connectivity index (χ1n) is 7.24. The van der Waals surface area contributed by atoms with E-state index in [1.54, 1.807) is 19.2 Å². The zero-order valence-corrected chi connectivity index (χ0v) is 13.0. The fourth-order valence-corrected chi connectivity index (χ4v) is 4.08. The molecule has 0 aliphatic heterocycles. The quantitative estimate of drug-likeness (QED) is 0.876. The maximum atomic E-state index is 12.7. The highest BCUT2D eigenvalue weighted by atomic mass is 32.2. The molecule has 0 bridgehead atoms. The van der Waals surface area contributed by atoms with Crippen molar-refractivity contribution in [3.05, 3.63) is 18.3 Å². The summed E-state index contributed by atoms with van der Waals surface area (Å²) < 4.78 is 27.0. The standard InChI is InChI=1S/C14H23N3O2S/c1-3-10-15-13-9-6-11-16-14(13)20(18,19)17(2)12-7-4-5-8-12/h6,9,11-12,15H,3-5,7-8,10H2,1-2H3. The molecule has 0 spiro atoms. The molecule has 2 rings (SSSR count). The summed E-state index contributed by atoms with van der Waals surface area (Å²) in [7, 11) is -1.85. The van der Waals surface area contributed by atoms with Crippen molar-refractivity contribution < 1.29 is 8.42 Å². The molecule has 0 unspecified atom stereocenters. The molecule has 5 nitrogen and oxygen atoms in total. The number of aromatic nitrogens is 1. The van der Waals surface area contributed by atoms with Gasteiger partial charge < -0.3 is 5.32 Å². The first-order chi connectivity index (χ1) is 9.57. The molecule has 0 saturated heterocycles. The zero-order chi connectivity index (χ0) is 14.6. The van der Waals surface area contributed by atoms with Crippen molar-refractivity contribution in [2.24, 2.45) is 0 Å². The van der Waals surface area contributed by atoms with Crippen LogP contribution >= 0.6 is 0 Å². The van der Waals surface area contributed by atoms with Crippen molar-refractivity contribution in [3.63, 3.8) is 0 Å². The first-order valence-corrected chi connectivity index (χ1v) is 8.68. The molecule has 1 heterocycles. The summed E-state index contributed by atoms with van der Waals surface area (Å²) in [5.74, 6) is 0. The SMILES string of the molecule is CCCNc1cccnc1S(=O)(=O)N(C)C1CCCC1. The third kappa shape index (κ3) is 3.12. The van der Waals surface area contributed by atoms with Crippen molar-refractivity contribution in [1.29, 1.82) is 0 Å². The van der Waals surface area contributed by atoms with Crippen LogP contribution in [-0.2, 0) is 10.0 Å². The average Bonchev–Trinajstić information content (AvgIpc) is 2.98. The molecule has 1 aliphatic carbocycles. The molecule has 1 aromatic heterocycles. The van der Waals surface area contributed by atoms with Crippen molar-refractivity contribution in [1.82, 2.24) is 9.29 Å². The van der Waals surface area contributed by atoms with Crippen molar-refractivity contribution in [2.45, 2.75) is 50.1 Å². The predicted octanol–water partition coefficient (Wildman–Crippen LogP) is 2.47. The van der Waals surface area contributed by atoms with E-state index < -0.39 is 10.0 Å². The van der Waals surface area contributed by atoms with E-state index in [0.29, 0.717) is 5.69 Å². The van der Waals surface area contributed by atoms with Gasteiger partial charge in [0.25, 0.3) is 10.0 Å². The monoisotopic (exact) mass is 297 g/mol. The number of nitrogens with zero attached hydrogens (tertiary/aromatic N) is 2. The summed E-state index contributed by atoms with van der Waals surface area (Å²) in [6.07, 6.45) is 6.57. The molecule has 0 atom stereocenters. The average molecular weight is 297 g/mol. The molecule has 1 saturated carbocycles. The van der Waals surface area contributed by atoms with E-state index in [1.807, 2.05) is 6.92 Å². The molecule has 20 heavy (non-hydrogen) atoms. The van der Waals surface area contributed by atoms with Crippen LogP contribution in [0.4, 0.5) is 5.69 Å². The third-order valence-electron chi connectivity index (χ3n) is 3.80. The Labute approximate surface area is 121 Å². The molecular weight excluding hydrogens is 274 g/mol. The van der Waals surface area contributed by atoms with Crippen LogP contribution in [0, 0.1) is 0 Å². The van der Waals surface area contributed by atoms with Gasteiger partial charge in [0.1, 0.15) is 0 Å². The second kappa shape index (κ2) is 6.54. The van der Waals surface area contributed by atoms with Crippen molar-refractivity contribution >= 4 is 15.7 Å². The van der Waals surface area contributed by atoms with Crippen LogP contribution in [0.1, 0.15) is 39.0 Å². The van der Waals surface area contributed by atoms with Gasteiger partial charge in [0, 0.05) is 25.8 Å². The number of nitrogens with one attached hydrogen (secondary N) is 1. The summed E-state index contributed by atoms with van der Waals surface area (Å²) in [6, 6.07) is 3.64. The Morgan fingerprint density at radius 3 is 2.75 bits per heavy atom. The summed E-state index contributed by atoms with van der Waals surface area (Å²) >= 11 is 0. The van der Waals surface area contributed by atoms with Gasteiger partial charge >= 0.3 is 0 Å². The summed E-state index contributed by atoms with van der Waals surface area (Å²) in [4.78, 5) is 4.10. The highest BCUT2D eigenvalue weighted by Gasteiger charge is 2.32. The second-order valence-electron chi connectivity index (χ2n) is 5.24. The molecule has 1 aliphatic rings. The van der Waals surface area contributed by atoms with E-state index >= 15 is 0 Å². The Hall–Kier alpha value is -1.14. The van der Waals surface area contributed by atoms with Crippen molar-refractivity contribution in [3.8, 4) is 0 Å². The molecular formula is C14H23N3O2S. The normalized spacial score (nSPS) is 16.8. The van der Waals surface area contributed by atoms with E-state index in [9.17, 15) is 8.42 Å². The van der Waals surface area contributed by atoms with E-state index in [4.69, 9.17) is 0 Å². The van der Waals surface area contributed by atoms with Crippen LogP contribution in [0.25, 0.3) is 0 Å². The van der Waals surface area contributed by atoms with Gasteiger partial charge in [-0.25, -0.2) is 13.4 Å². The second-order valence-corrected chi connectivity index (χ2v) is 7.16. The Morgan fingerprint density at radius 1 is 1.40 bits per heavy atom. The number of hydrogen-bond acceptors (Lipinski definition) is 4. The zero-order valence-electron chi connectivity index (χ0n) is 12.2. The highest BCUT2D eigenvalue weighted by molar-refractivity contribution is 7.89. The summed E-state index contributed by atoms with van der Waals surface area (Å²) in [5.41, 5.74) is 0.596. The lowest BCUT2D eigenvalue weighted by atomic mass is 10.3. The third-order valence-corrected chi connectivity index (χ3v) is 5.67. The first kappa shape index (κ1) is 15.3. The number of sulfonamides is 1. The lowest BCUT2D eigenvalue weighted by Gasteiger charge is -2.24. The number of hydrogen-bond donors (Lipinski definition) is 1. The largest absolute Gasteiger partial charge is 0.383 e.